The van der Waals surface area contributed by atoms with Gasteiger partial charge in [0.1, 0.15) is 0 Å². The standard InChI is InChI=1S/C7H10N/c1-2-6-4-8-5-7(6)3-1/h2,4,7-8H,1,3,5H2. The molecule has 1 aliphatic carbocycles. The van der Waals surface area contributed by atoms with Gasteiger partial charge in [-0.05, 0) is 18.8 Å². The van der Waals surface area contributed by atoms with Gasteiger partial charge in [0.15, 0.2) is 0 Å². The second-order valence-electron chi connectivity index (χ2n) is 2.53. The first-order chi connectivity index (χ1) is 3.97. The van der Waals surface area contributed by atoms with E-state index in [9.17, 15) is 0 Å². The van der Waals surface area contributed by atoms with Gasteiger partial charge < -0.3 is 5.32 Å². The van der Waals surface area contributed by atoms with Gasteiger partial charge >= 0.3 is 0 Å². The molecule has 1 aliphatic heterocycles. The molecule has 1 nitrogen and oxygen atoms in total. The van der Waals surface area contributed by atoms with Gasteiger partial charge in [-0.15, -0.1) is 0 Å². The van der Waals surface area contributed by atoms with Crippen molar-refractivity contribution < 1.29 is 0 Å². The lowest BCUT2D eigenvalue weighted by molar-refractivity contribution is 0.634. The summed E-state index contributed by atoms with van der Waals surface area (Å²) in [6.07, 6.45) is 5.02. The van der Waals surface area contributed by atoms with Crippen molar-refractivity contribution in [3.8, 4) is 0 Å². The molecule has 0 amide bonds. The van der Waals surface area contributed by atoms with Crippen molar-refractivity contribution in [2.45, 2.75) is 12.8 Å². The quantitative estimate of drug-likeness (QED) is 0.489. The van der Waals surface area contributed by atoms with Crippen molar-refractivity contribution >= 4 is 0 Å². The van der Waals surface area contributed by atoms with E-state index < -0.39 is 0 Å². The summed E-state index contributed by atoms with van der Waals surface area (Å²) in [7, 11) is 0. The van der Waals surface area contributed by atoms with Crippen molar-refractivity contribution in [1.29, 1.82) is 0 Å². The van der Waals surface area contributed by atoms with Crippen molar-refractivity contribution in [1.82, 2.24) is 5.32 Å². The van der Waals surface area contributed by atoms with Gasteiger partial charge in [-0.2, -0.15) is 0 Å². The van der Waals surface area contributed by atoms with Gasteiger partial charge in [0.2, 0.25) is 0 Å². The smallest absolute Gasteiger partial charge is 0.0477 e. The van der Waals surface area contributed by atoms with E-state index in [1.807, 2.05) is 0 Å². The molecule has 2 aliphatic rings. The SMILES string of the molecule is [CH]1NCC2CCC=C12. The number of hydrogen-bond acceptors (Lipinski definition) is 1. The second kappa shape index (κ2) is 1.59. The van der Waals surface area contributed by atoms with E-state index in [0.29, 0.717) is 0 Å². The predicted octanol–water partition coefficient (Wildman–Crippen LogP) is 1.09. The number of allylic oxidation sites excluding steroid dienone is 1. The van der Waals surface area contributed by atoms with E-state index in [1.165, 1.54) is 19.4 Å². The highest BCUT2D eigenvalue weighted by Crippen LogP contribution is 2.29. The van der Waals surface area contributed by atoms with Crippen LogP contribution < -0.4 is 5.32 Å². The van der Waals surface area contributed by atoms with Crippen molar-refractivity contribution in [2.75, 3.05) is 6.54 Å². The minimum Gasteiger partial charge on any atom is -0.308 e. The molecule has 0 saturated carbocycles. The maximum absolute atomic E-state index is 3.23. The molecule has 1 atom stereocenters. The van der Waals surface area contributed by atoms with Crippen LogP contribution in [0.1, 0.15) is 12.8 Å². The summed E-state index contributed by atoms with van der Waals surface area (Å²) in [6, 6.07) is 0. The Morgan fingerprint density at radius 2 is 2.62 bits per heavy atom. The van der Waals surface area contributed by atoms with Crippen LogP contribution in [0, 0.1) is 12.5 Å². The van der Waals surface area contributed by atoms with Gasteiger partial charge in [-0.1, -0.05) is 11.6 Å². The Labute approximate surface area is 49.8 Å². The van der Waals surface area contributed by atoms with Gasteiger partial charge in [-0.3, -0.25) is 0 Å². The molecule has 43 valence electrons. The lowest BCUT2D eigenvalue weighted by atomic mass is 10.1. The monoisotopic (exact) mass is 108 g/mol. The fourth-order valence-electron chi connectivity index (χ4n) is 1.50. The molecule has 0 spiro atoms. The average molecular weight is 108 g/mol. The molecule has 1 fully saturated rings. The molecule has 0 aromatic rings. The third kappa shape index (κ3) is 0.511. The Balaban J connectivity index is 2.20. The third-order valence-electron chi connectivity index (χ3n) is 2.00. The first-order valence-corrected chi connectivity index (χ1v) is 3.23. The zero-order valence-corrected chi connectivity index (χ0v) is 4.85. The molecule has 0 aromatic carbocycles. The van der Waals surface area contributed by atoms with Crippen LogP contribution in [0.2, 0.25) is 0 Å². The fraction of sp³-hybridized carbons (Fsp3) is 0.571. The Kier molecular flexibility index (Phi) is 0.908. The molecule has 1 heterocycles. The molecular formula is C7H10N. The Morgan fingerprint density at radius 1 is 1.62 bits per heavy atom. The van der Waals surface area contributed by atoms with Crippen LogP contribution in [-0.2, 0) is 0 Å². The fourth-order valence-corrected chi connectivity index (χ4v) is 1.50. The predicted molar refractivity (Wildman–Crippen MR) is 33.1 cm³/mol. The highest BCUT2D eigenvalue weighted by molar-refractivity contribution is 5.25. The highest BCUT2D eigenvalue weighted by Gasteiger charge is 2.23. The summed E-state index contributed by atoms with van der Waals surface area (Å²) in [5.74, 6) is 0.870. The topological polar surface area (TPSA) is 12.0 Å². The molecule has 1 radical (unpaired) electrons. The molecule has 0 aromatic heterocycles. The Hall–Kier alpha value is -0.300. The van der Waals surface area contributed by atoms with Crippen LogP contribution in [0.25, 0.3) is 0 Å². The van der Waals surface area contributed by atoms with Crippen molar-refractivity contribution in [2.24, 2.45) is 5.92 Å². The van der Waals surface area contributed by atoms with Gasteiger partial charge in [0.05, 0.1) is 0 Å². The normalized spacial score (nSPS) is 35.0. The third-order valence-corrected chi connectivity index (χ3v) is 2.00. The van der Waals surface area contributed by atoms with E-state index in [4.69, 9.17) is 0 Å². The number of rotatable bonds is 0. The zero-order chi connectivity index (χ0) is 5.40. The molecule has 1 unspecified atom stereocenters. The first kappa shape index (κ1) is 4.57. The van der Waals surface area contributed by atoms with Crippen molar-refractivity contribution in [3.63, 3.8) is 0 Å². The van der Waals surface area contributed by atoms with Crippen molar-refractivity contribution in [3.05, 3.63) is 18.2 Å². The van der Waals surface area contributed by atoms with Gasteiger partial charge in [0.25, 0.3) is 0 Å². The minimum absolute atomic E-state index is 0.870. The summed E-state index contributed by atoms with van der Waals surface area (Å²) in [4.78, 5) is 0. The van der Waals surface area contributed by atoms with Crippen LogP contribution in [0.4, 0.5) is 0 Å². The molecule has 2 rings (SSSR count). The largest absolute Gasteiger partial charge is 0.308 e. The molecule has 1 N–H and O–H groups in total. The van der Waals surface area contributed by atoms with Crippen LogP contribution in [0.5, 0.6) is 0 Å². The summed E-state index contributed by atoms with van der Waals surface area (Å²) in [6.45, 7) is 3.34. The summed E-state index contributed by atoms with van der Waals surface area (Å²) in [5, 5.41) is 3.23. The Morgan fingerprint density at radius 3 is 3.50 bits per heavy atom. The lowest BCUT2D eigenvalue weighted by Crippen LogP contribution is -2.05. The molecule has 1 heteroatoms. The van der Waals surface area contributed by atoms with Crippen LogP contribution in [-0.4, -0.2) is 6.54 Å². The molecule has 0 bridgehead atoms. The van der Waals surface area contributed by atoms with E-state index in [-0.39, 0.29) is 0 Å². The highest BCUT2D eigenvalue weighted by atomic mass is 14.9. The van der Waals surface area contributed by atoms with Gasteiger partial charge in [-0.25, -0.2) is 0 Å². The second-order valence-corrected chi connectivity index (χ2v) is 2.53. The maximum Gasteiger partial charge on any atom is 0.0477 e. The maximum atomic E-state index is 3.23. The number of fused-ring (bicyclic) bond motifs is 1. The Bertz CT molecular complexity index is 126. The molecule has 8 heavy (non-hydrogen) atoms. The van der Waals surface area contributed by atoms with E-state index in [1.54, 1.807) is 5.57 Å². The van der Waals surface area contributed by atoms with Gasteiger partial charge in [0, 0.05) is 13.1 Å². The van der Waals surface area contributed by atoms with Crippen LogP contribution in [0.15, 0.2) is 11.6 Å². The molecule has 1 saturated heterocycles. The van der Waals surface area contributed by atoms with Crippen LogP contribution >= 0.6 is 0 Å². The average Bonchev–Trinajstić information content (AvgIpc) is 2.15. The number of hydrogen-bond donors (Lipinski definition) is 1. The zero-order valence-electron chi connectivity index (χ0n) is 4.85. The summed E-state index contributed by atoms with van der Waals surface area (Å²) >= 11 is 0. The van der Waals surface area contributed by atoms with E-state index >= 15 is 0 Å². The number of nitrogens with one attached hydrogen (secondary N) is 1. The first-order valence-electron chi connectivity index (χ1n) is 3.23. The lowest BCUT2D eigenvalue weighted by Gasteiger charge is -1.97. The minimum atomic E-state index is 0.870. The molecular weight excluding hydrogens is 98.1 g/mol. The van der Waals surface area contributed by atoms with Crippen LogP contribution in [0.3, 0.4) is 0 Å². The summed E-state index contributed by atoms with van der Waals surface area (Å²) in [5.41, 5.74) is 1.55. The summed E-state index contributed by atoms with van der Waals surface area (Å²) < 4.78 is 0. The van der Waals surface area contributed by atoms with E-state index in [0.717, 1.165) is 5.92 Å². The van der Waals surface area contributed by atoms with E-state index in [2.05, 4.69) is 17.9 Å².